The predicted molar refractivity (Wildman–Crippen MR) is 103 cm³/mol. The number of likely N-dealkylation sites (tertiary alicyclic amines) is 1. The van der Waals surface area contributed by atoms with Crippen molar-refractivity contribution < 1.29 is 22.8 Å². The Bertz CT molecular complexity index is 925. The van der Waals surface area contributed by atoms with E-state index in [9.17, 15) is 22.8 Å². The van der Waals surface area contributed by atoms with Crippen LogP contribution in [0, 0.1) is 13.8 Å². The number of halogens is 3. The molecule has 1 aliphatic rings. The molecule has 3 heterocycles. The van der Waals surface area contributed by atoms with E-state index in [2.05, 4.69) is 15.4 Å². The van der Waals surface area contributed by atoms with Crippen LogP contribution in [-0.2, 0) is 17.5 Å². The summed E-state index contributed by atoms with van der Waals surface area (Å²) in [5.41, 5.74) is 0.110. The van der Waals surface area contributed by atoms with Gasteiger partial charge in [0.25, 0.3) is 5.91 Å². The van der Waals surface area contributed by atoms with Crippen LogP contribution in [0.2, 0.25) is 0 Å². The zero-order valence-corrected chi connectivity index (χ0v) is 16.9. The molecular weight excluding hydrogens is 399 g/mol. The van der Waals surface area contributed by atoms with E-state index in [1.165, 1.54) is 6.92 Å². The van der Waals surface area contributed by atoms with Crippen molar-refractivity contribution in [3.63, 3.8) is 0 Å². The highest BCUT2D eigenvalue weighted by Crippen LogP contribution is 2.28. The molecule has 1 unspecified atom stereocenters. The SMILES string of the molecule is Cc1cnn(CC(=O)N2CCCC(NC(=O)c3ccc(C(F)(F)F)nc3C)CC2)c1. The van der Waals surface area contributed by atoms with Gasteiger partial charge in [0.1, 0.15) is 12.2 Å². The van der Waals surface area contributed by atoms with Crippen LogP contribution in [0.4, 0.5) is 13.2 Å². The minimum atomic E-state index is -4.55. The van der Waals surface area contributed by atoms with Gasteiger partial charge in [-0.05, 0) is 50.8 Å². The lowest BCUT2D eigenvalue weighted by atomic mass is 10.1. The van der Waals surface area contributed by atoms with E-state index in [0.29, 0.717) is 25.9 Å². The molecule has 0 saturated carbocycles. The Morgan fingerprint density at radius 3 is 2.60 bits per heavy atom. The van der Waals surface area contributed by atoms with Crippen LogP contribution >= 0.6 is 0 Å². The van der Waals surface area contributed by atoms with Crippen LogP contribution in [0.1, 0.15) is 46.6 Å². The summed E-state index contributed by atoms with van der Waals surface area (Å²) in [5, 5.41) is 7.00. The van der Waals surface area contributed by atoms with Crippen molar-refractivity contribution in [2.24, 2.45) is 0 Å². The van der Waals surface area contributed by atoms with E-state index < -0.39 is 17.8 Å². The van der Waals surface area contributed by atoms with Gasteiger partial charge < -0.3 is 10.2 Å². The topological polar surface area (TPSA) is 80.1 Å². The second-order valence-corrected chi connectivity index (χ2v) is 7.52. The van der Waals surface area contributed by atoms with E-state index in [1.54, 1.807) is 22.0 Å². The molecule has 0 radical (unpaired) electrons. The molecule has 1 N–H and O–H groups in total. The third kappa shape index (κ3) is 5.37. The molecule has 0 aromatic carbocycles. The molecule has 1 atom stereocenters. The molecule has 1 saturated heterocycles. The Kier molecular flexibility index (Phi) is 6.42. The zero-order chi connectivity index (χ0) is 21.9. The molecule has 2 amide bonds. The van der Waals surface area contributed by atoms with Crippen LogP contribution in [0.15, 0.2) is 24.5 Å². The second-order valence-electron chi connectivity index (χ2n) is 7.52. The summed E-state index contributed by atoms with van der Waals surface area (Å²) in [6, 6.07) is 1.80. The molecule has 7 nitrogen and oxygen atoms in total. The highest BCUT2D eigenvalue weighted by Gasteiger charge is 2.33. The van der Waals surface area contributed by atoms with Crippen LogP contribution in [0.25, 0.3) is 0 Å². The highest BCUT2D eigenvalue weighted by molar-refractivity contribution is 5.95. The maximum Gasteiger partial charge on any atom is 0.433 e. The number of nitrogens with one attached hydrogen (secondary N) is 1. The summed E-state index contributed by atoms with van der Waals surface area (Å²) in [5.74, 6) is -0.488. The van der Waals surface area contributed by atoms with Crippen LogP contribution in [0.5, 0.6) is 0 Å². The number of carbonyl (C=O) groups excluding carboxylic acids is 2. The molecule has 30 heavy (non-hydrogen) atoms. The summed E-state index contributed by atoms with van der Waals surface area (Å²) >= 11 is 0. The van der Waals surface area contributed by atoms with Gasteiger partial charge in [0.2, 0.25) is 5.91 Å². The van der Waals surface area contributed by atoms with Gasteiger partial charge in [-0.3, -0.25) is 14.3 Å². The van der Waals surface area contributed by atoms with Gasteiger partial charge >= 0.3 is 6.18 Å². The fraction of sp³-hybridized carbons (Fsp3) is 0.500. The number of nitrogens with zero attached hydrogens (tertiary/aromatic N) is 4. The normalized spacial score (nSPS) is 17.5. The van der Waals surface area contributed by atoms with Crippen molar-refractivity contribution in [2.75, 3.05) is 13.1 Å². The van der Waals surface area contributed by atoms with E-state index in [-0.39, 0.29) is 29.8 Å². The Hall–Kier alpha value is -2.91. The van der Waals surface area contributed by atoms with Gasteiger partial charge in [0.05, 0.1) is 17.5 Å². The Morgan fingerprint density at radius 2 is 1.97 bits per heavy atom. The molecule has 10 heteroatoms. The summed E-state index contributed by atoms with van der Waals surface area (Å²) in [6.07, 6.45) is 0.926. The van der Waals surface area contributed by atoms with Crippen molar-refractivity contribution in [2.45, 2.75) is 51.9 Å². The summed E-state index contributed by atoms with van der Waals surface area (Å²) in [4.78, 5) is 30.3. The fourth-order valence-electron chi connectivity index (χ4n) is 3.50. The summed E-state index contributed by atoms with van der Waals surface area (Å²) in [6.45, 7) is 4.54. The first kappa shape index (κ1) is 21.8. The number of aryl methyl sites for hydroxylation is 2. The molecule has 0 aliphatic carbocycles. The number of pyridine rings is 1. The van der Waals surface area contributed by atoms with Gasteiger partial charge in [0.15, 0.2) is 0 Å². The first-order valence-corrected chi connectivity index (χ1v) is 9.76. The Balaban J connectivity index is 1.57. The van der Waals surface area contributed by atoms with Crippen molar-refractivity contribution in [3.05, 3.63) is 47.0 Å². The van der Waals surface area contributed by atoms with E-state index in [0.717, 1.165) is 24.1 Å². The summed E-state index contributed by atoms with van der Waals surface area (Å²) in [7, 11) is 0. The number of aromatic nitrogens is 3. The molecule has 1 aliphatic heterocycles. The number of carbonyl (C=O) groups is 2. The van der Waals surface area contributed by atoms with Crippen molar-refractivity contribution in [3.8, 4) is 0 Å². The minimum Gasteiger partial charge on any atom is -0.349 e. The maximum atomic E-state index is 12.8. The average Bonchev–Trinajstić information content (AvgIpc) is 2.93. The highest BCUT2D eigenvalue weighted by atomic mass is 19.4. The van der Waals surface area contributed by atoms with Crippen LogP contribution < -0.4 is 5.32 Å². The van der Waals surface area contributed by atoms with Crippen LogP contribution in [0.3, 0.4) is 0 Å². The second kappa shape index (κ2) is 8.85. The molecule has 1 fully saturated rings. The lowest BCUT2D eigenvalue weighted by Gasteiger charge is -2.21. The van der Waals surface area contributed by atoms with Crippen molar-refractivity contribution in [1.82, 2.24) is 25.0 Å². The first-order valence-electron chi connectivity index (χ1n) is 9.76. The summed E-state index contributed by atoms with van der Waals surface area (Å²) < 4.78 is 39.9. The van der Waals surface area contributed by atoms with Gasteiger partial charge in [-0.25, -0.2) is 4.98 Å². The molecule has 2 aromatic rings. The maximum absolute atomic E-state index is 12.8. The molecule has 162 valence electrons. The molecule has 0 bridgehead atoms. The van der Waals surface area contributed by atoms with Crippen LogP contribution in [-0.4, -0.2) is 50.6 Å². The standard InChI is InChI=1S/C20H24F3N5O2/c1-13-10-24-28(11-13)12-18(29)27-8-3-4-15(7-9-27)26-19(30)16-5-6-17(20(21,22)23)25-14(16)2/h5-6,10-11,15H,3-4,7-9,12H2,1-2H3,(H,26,30). The van der Waals surface area contributed by atoms with Gasteiger partial charge in [-0.1, -0.05) is 0 Å². The predicted octanol–water partition coefficient (Wildman–Crippen LogP) is 2.72. The molecule has 3 rings (SSSR count). The largest absolute Gasteiger partial charge is 0.433 e. The van der Waals surface area contributed by atoms with E-state index >= 15 is 0 Å². The van der Waals surface area contributed by atoms with Gasteiger partial charge in [0, 0.05) is 25.3 Å². The fourth-order valence-corrected chi connectivity index (χ4v) is 3.50. The van der Waals surface area contributed by atoms with Gasteiger partial charge in [-0.15, -0.1) is 0 Å². The smallest absolute Gasteiger partial charge is 0.349 e. The quantitative estimate of drug-likeness (QED) is 0.820. The third-order valence-corrected chi connectivity index (χ3v) is 5.10. The molecular formula is C20H24F3N5O2. The number of hydrogen-bond donors (Lipinski definition) is 1. The Morgan fingerprint density at radius 1 is 1.20 bits per heavy atom. The number of hydrogen-bond acceptors (Lipinski definition) is 4. The van der Waals surface area contributed by atoms with Crippen molar-refractivity contribution in [1.29, 1.82) is 0 Å². The third-order valence-electron chi connectivity index (χ3n) is 5.10. The zero-order valence-electron chi connectivity index (χ0n) is 16.9. The number of rotatable bonds is 4. The average molecular weight is 423 g/mol. The lowest BCUT2D eigenvalue weighted by molar-refractivity contribution is -0.141. The minimum absolute atomic E-state index is 0.0299. The number of alkyl halides is 3. The monoisotopic (exact) mass is 423 g/mol. The first-order chi connectivity index (χ1) is 14.1. The molecule has 2 aromatic heterocycles. The van der Waals surface area contributed by atoms with E-state index in [1.807, 2.05) is 6.92 Å². The van der Waals surface area contributed by atoms with E-state index in [4.69, 9.17) is 0 Å². The number of amides is 2. The Labute approximate surface area is 172 Å². The van der Waals surface area contributed by atoms with Gasteiger partial charge in [-0.2, -0.15) is 18.3 Å². The lowest BCUT2D eigenvalue weighted by Crippen LogP contribution is -2.38. The molecule has 0 spiro atoms. The van der Waals surface area contributed by atoms with Crippen molar-refractivity contribution >= 4 is 11.8 Å².